The molecule has 0 radical (unpaired) electrons. The lowest BCUT2D eigenvalue weighted by atomic mass is 10.1. The van der Waals surface area contributed by atoms with Crippen molar-refractivity contribution in [2.24, 2.45) is 0 Å². The molecule has 1 aliphatic heterocycles. The number of nitrogens with two attached hydrogens (primary N) is 1. The van der Waals surface area contributed by atoms with Gasteiger partial charge < -0.3 is 15.4 Å². The molecule has 1 aromatic carbocycles. The molecule has 0 saturated carbocycles. The van der Waals surface area contributed by atoms with Gasteiger partial charge in [-0.2, -0.15) is 0 Å². The molecule has 5 nitrogen and oxygen atoms in total. The molecular weight excluding hydrogens is 263 g/mol. The van der Waals surface area contributed by atoms with Crippen LogP contribution in [0.15, 0.2) is 18.2 Å². The van der Waals surface area contributed by atoms with Crippen molar-refractivity contribution in [3.05, 3.63) is 29.6 Å². The number of benzene rings is 1. The number of amides is 1. The first-order chi connectivity index (χ1) is 9.52. The molecule has 2 N–H and O–H groups in total. The van der Waals surface area contributed by atoms with Crippen LogP contribution in [0.2, 0.25) is 0 Å². The average molecular weight is 280 g/mol. The molecule has 2 rings (SSSR count). The summed E-state index contributed by atoms with van der Waals surface area (Å²) in [5.74, 6) is -1.38. The zero-order valence-electron chi connectivity index (χ0n) is 11.3. The number of carbonyl (C=O) groups excluding carboxylic acids is 2. The number of likely N-dealkylation sites (tertiary alicyclic amines) is 1. The predicted octanol–water partition coefficient (Wildman–Crippen LogP) is 1.58. The second-order valence-corrected chi connectivity index (χ2v) is 4.68. The molecule has 0 aliphatic carbocycles. The summed E-state index contributed by atoms with van der Waals surface area (Å²) in [6.07, 6.45) is 1.29. The van der Waals surface area contributed by atoms with Crippen molar-refractivity contribution >= 4 is 17.6 Å². The number of halogens is 1. The highest BCUT2D eigenvalue weighted by molar-refractivity contribution is 5.97. The van der Waals surface area contributed by atoms with Gasteiger partial charge in [0.05, 0.1) is 6.61 Å². The zero-order chi connectivity index (χ0) is 14.7. The van der Waals surface area contributed by atoms with E-state index < -0.39 is 23.7 Å². The second-order valence-electron chi connectivity index (χ2n) is 4.68. The lowest BCUT2D eigenvalue weighted by Gasteiger charge is -2.23. The van der Waals surface area contributed by atoms with Crippen molar-refractivity contribution in [3.63, 3.8) is 0 Å². The molecular formula is C14H17FN2O3. The van der Waals surface area contributed by atoms with Gasteiger partial charge in [0.1, 0.15) is 11.9 Å². The topological polar surface area (TPSA) is 72.6 Å². The van der Waals surface area contributed by atoms with Crippen molar-refractivity contribution in [1.82, 2.24) is 4.90 Å². The van der Waals surface area contributed by atoms with Crippen LogP contribution in [0, 0.1) is 5.82 Å². The van der Waals surface area contributed by atoms with Crippen LogP contribution in [0.4, 0.5) is 10.1 Å². The van der Waals surface area contributed by atoms with E-state index in [1.807, 2.05) is 0 Å². The van der Waals surface area contributed by atoms with Crippen molar-refractivity contribution in [1.29, 1.82) is 0 Å². The summed E-state index contributed by atoms with van der Waals surface area (Å²) >= 11 is 0. The number of anilines is 1. The first-order valence-electron chi connectivity index (χ1n) is 6.56. The third kappa shape index (κ3) is 2.89. The fourth-order valence-electron chi connectivity index (χ4n) is 2.39. The minimum absolute atomic E-state index is 0.152. The van der Waals surface area contributed by atoms with Crippen LogP contribution in [0.25, 0.3) is 0 Å². The smallest absolute Gasteiger partial charge is 0.328 e. The quantitative estimate of drug-likeness (QED) is 0.674. The third-order valence-corrected chi connectivity index (χ3v) is 3.24. The maximum Gasteiger partial charge on any atom is 0.328 e. The minimum atomic E-state index is -0.591. The third-order valence-electron chi connectivity index (χ3n) is 3.24. The highest BCUT2D eigenvalue weighted by Crippen LogP contribution is 2.22. The SMILES string of the molecule is CCOC(=O)C1CCCN1C(=O)c1cc(N)cc(F)c1. The summed E-state index contributed by atoms with van der Waals surface area (Å²) < 4.78 is 18.3. The molecule has 1 heterocycles. The van der Waals surface area contributed by atoms with Crippen LogP contribution in [-0.4, -0.2) is 36.0 Å². The number of esters is 1. The van der Waals surface area contributed by atoms with Gasteiger partial charge in [0, 0.05) is 17.8 Å². The maximum atomic E-state index is 13.3. The highest BCUT2D eigenvalue weighted by Gasteiger charge is 2.35. The van der Waals surface area contributed by atoms with Crippen molar-refractivity contribution in [2.75, 3.05) is 18.9 Å². The number of carbonyl (C=O) groups is 2. The van der Waals surface area contributed by atoms with Gasteiger partial charge in [-0.1, -0.05) is 0 Å². The molecule has 1 fully saturated rings. The second kappa shape index (κ2) is 5.90. The molecule has 0 aromatic heterocycles. The summed E-state index contributed by atoms with van der Waals surface area (Å²) in [7, 11) is 0. The normalized spacial score (nSPS) is 18.1. The minimum Gasteiger partial charge on any atom is -0.464 e. The lowest BCUT2D eigenvalue weighted by Crippen LogP contribution is -2.41. The Morgan fingerprint density at radius 3 is 2.85 bits per heavy atom. The molecule has 0 spiro atoms. The Bertz CT molecular complexity index is 513. The summed E-state index contributed by atoms with van der Waals surface area (Å²) in [6, 6.07) is 3.08. The Labute approximate surface area is 116 Å². The average Bonchev–Trinajstić information content (AvgIpc) is 2.86. The van der Waals surface area contributed by atoms with Crippen molar-refractivity contribution < 1.29 is 18.7 Å². The molecule has 1 atom stereocenters. The molecule has 6 heteroatoms. The Balaban J connectivity index is 2.21. The number of ether oxygens (including phenoxy) is 1. The molecule has 20 heavy (non-hydrogen) atoms. The number of nitrogens with zero attached hydrogens (tertiary/aromatic N) is 1. The first-order valence-corrected chi connectivity index (χ1v) is 6.56. The van der Waals surface area contributed by atoms with E-state index in [-0.39, 0.29) is 17.9 Å². The van der Waals surface area contributed by atoms with Gasteiger partial charge in [-0.05, 0) is 38.0 Å². The predicted molar refractivity (Wildman–Crippen MR) is 71.5 cm³/mol. The van der Waals surface area contributed by atoms with Gasteiger partial charge in [0.15, 0.2) is 0 Å². The summed E-state index contributed by atoms with van der Waals surface area (Å²) in [5.41, 5.74) is 5.87. The van der Waals surface area contributed by atoms with Crippen molar-refractivity contribution in [3.8, 4) is 0 Å². The molecule has 1 unspecified atom stereocenters. The summed E-state index contributed by atoms with van der Waals surface area (Å²) in [6.45, 7) is 2.44. The largest absolute Gasteiger partial charge is 0.464 e. The van der Waals surface area contributed by atoms with Gasteiger partial charge >= 0.3 is 5.97 Å². The van der Waals surface area contributed by atoms with Crippen LogP contribution in [-0.2, 0) is 9.53 Å². The Kier molecular flexibility index (Phi) is 4.22. The number of nitrogen functional groups attached to an aromatic ring is 1. The zero-order valence-corrected chi connectivity index (χ0v) is 11.3. The van der Waals surface area contributed by atoms with Gasteiger partial charge in [0.25, 0.3) is 5.91 Å². The molecule has 108 valence electrons. The Morgan fingerprint density at radius 2 is 2.20 bits per heavy atom. The highest BCUT2D eigenvalue weighted by atomic mass is 19.1. The maximum absolute atomic E-state index is 13.3. The Morgan fingerprint density at radius 1 is 1.45 bits per heavy atom. The fraction of sp³-hybridized carbons (Fsp3) is 0.429. The van der Waals surface area contributed by atoms with E-state index in [4.69, 9.17) is 10.5 Å². The van der Waals surface area contributed by atoms with E-state index in [0.29, 0.717) is 13.0 Å². The first kappa shape index (κ1) is 14.3. The Hall–Kier alpha value is -2.11. The molecule has 1 aliphatic rings. The van der Waals surface area contributed by atoms with Crippen LogP contribution in [0.1, 0.15) is 30.1 Å². The molecule has 0 bridgehead atoms. The number of rotatable bonds is 3. The molecule has 1 saturated heterocycles. The van der Waals surface area contributed by atoms with E-state index in [1.165, 1.54) is 11.0 Å². The van der Waals surface area contributed by atoms with Gasteiger partial charge in [-0.25, -0.2) is 9.18 Å². The standard InChI is InChI=1S/C14H17FN2O3/c1-2-20-14(19)12-4-3-5-17(12)13(18)9-6-10(15)8-11(16)7-9/h6-8,12H,2-5,16H2,1H3. The van der Waals surface area contributed by atoms with Crippen molar-refractivity contribution in [2.45, 2.75) is 25.8 Å². The monoisotopic (exact) mass is 280 g/mol. The lowest BCUT2D eigenvalue weighted by molar-refractivity contribution is -0.147. The van der Waals surface area contributed by atoms with E-state index in [9.17, 15) is 14.0 Å². The summed E-state index contributed by atoms with van der Waals surface area (Å²) in [4.78, 5) is 25.6. The van der Waals surface area contributed by atoms with Gasteiger partial charge in [-0.15, -0.1) is 0 Å². The van der Waals surface area contributed by atoms with Crippen LogP contribution in [0.3, 0.4) is 0 Å². The number of hydrogen-bond acceptors (Lipinski definition) is 4. The van der Waals surface area contributed by atoms with E-state index in [0.717, 1.165) is 18.6 Å². The summed E-state index contributed by atoms with van der Waals surface area (Å²) in [5, 5.41) is 0. The molecule has 1 aromatic rings. The fourth-order valence-corrected chi connectivity index (χ4v) is 2.39. The van der Waals surface area contributed by atoms with Gasteiger partial charge in [-0.3, -0.25) is 4.79 Å². The van der Waals surface area contributed by atoms with Crippen LogP contribution >= 0.6 is 0 Å². The van der Waals surface area contributed by atoms with E-state index in [2.05, 4.69) is 0 Å². The van der Waals surface area contributed by atoms with Crippen LogP contribution < -0.4 is 5.73 Å². The van der Waals surface area contributed by atoms with Crippen LogP contribution in [0.5, 0.6) is 0 Å². The van der Waals surface area contributed by atoms with E-state index in [1.54, 1.807) is 6.92 Å². The van der Waals surface area contributed by atoms with E-state index >= 15 is 0 Å². The molecule has 1 amide bonds. The number of hydrogen-bond donors (Lipinski definition) is 1. The van der Waals surface area contributed by atoms with Gasteiger partial charge in [0.2, 0.25) is 0 Å².